The summed E-state index contributed by atoms with van der Waals surface area (Å²) in [7, 11) is 0. The standard InChI is InChI=1S/C19H26N4O3/c1-13-3-6-21-9-15(13)23-16(25)18-10-17(11-18,12-22-14(2)24)26-19(18)4-7-20-8-5-19/h3,6,9,20H,4-5,7-8,10-12H2,1-2H3,(H,22,24)(H,23,25). The number of pyridine rings is 1. The van der Waals surface area contributed by atoms with Crippen LogP contribution in [0.4, 0.5) is 5.69 Å². The maximum Gasteiger partial charge on any atom is 0.233 e. The third kappa shape index (κ3) is 2.53. The molecule has 1 aromatic rings. The molecule has 0 radical (unpaired) electrons. The molecule has 7 heteroatoms. The number of nitrogens with one attached hydrogen (secondary N) is 3. The molecule has 4 fully saturated rings. The van der Waals surface area contributed by atoms with Gasteiger partial charge in [0.15, 0.2) is 0 Å². The third-order valence-electron chi connectivity index (χ3n) is 6.32. The molecule has 3 aliphatic heterocycles. The molecule has 4 heterocycles. The van der Waals surface area contributed by atoms with E-state index in [0.717, 1.165) is 37.2 Å². The van der Waals surface area contributed by atoms with Crippen molar-refractivity contribution in [2.24, 2.45) is 5.41 Å². The molecule has 1 spiro atoms. The first-order valence-corrected chi connectivity index (χ1v) is 9.28. The predicted molar refractivity (Wildman–Crippen MR) is 96.6 cm³/mol. The van der Waals surface area contributed by atoms with Crippen LogP contribution in [0.2, 0.25) is 0 Å². The molecule has 26 heavy (non-hydrogen) atoms. The first kappa shape index (κ1) is 17.4. The molecule has 5 rings (SSSR count). The number of aryl methyl sites for hydroxylation is 1. The smallest absolute Gasteiger partial charge is 0.233 e. The minimum Gasteiger partial charge on any atom is -0.365 e. The Labute approximate surface area is 153 Å². The highest BCUT2D eigenvalue weighted by atomic mass is 16.5. The van der Waals surface area contributed by atoms with E-state index >= 15 is 0 Å². The number of hydrogen-bond donors (Lipinski definition) is 3. The molecule has 2 amide bonds. The average Bonchev–Trinajstić information content (AvgIpc) is 3.00. The average molecular weight is 358 g/mol. The Bertz CT molecular complexity index is 736. The summed E-state index contributed by atoms with van der Waals surface area (Å²) in [6.45, 7) is 5.63. The largest absolute Gasteiger partial charge is 0.365 e. The second-order valence-electron chi connectivity index (χ2n) is 8.02. The molecular weight excluding hydrogens is 332 g/mol. The lowest BCUT2D eigenvalue weighted by Crippen LogP contribution is -2.60. The molecule has 3 saturated heterocycles. The summed E-state index contributed by atoms with van der Waals surface area (Å²) < 4.78 is 6.56. The van der Waals surface area contributed by atoms with Gasteiger partial charge in [0.05, 0.1) is 28.5 Å². The van der Waals surface area contributed by atoms with E-state index in [1.807, 2.05) is 13.0 Å². The molecule has 2 bridgehead atoms. The third-order valence-corrected chi connectivity index (χ3v) is 6.32. The second kappa shape index (κ2) is 6.03. The zero-order valence-corrected chi connectivity index (χ0v) is 15.4. The fraction of sp³-hybridized carbons (Fsp3) is 0.632. The number of carbonyl (C=O) groups excluding carboxylic acids is 2. The summed E-state index contributed by atoms with van der Waals surface area (Å²) in [5.74, 6) is -0.0476. The number of nitrogens with zero attached hydrogens (tertiary/aromatic N) is 1. The van der Waals surface area contributed by atoms with Crippen LogP contribution < -0.4 is 16.0 Å². The summed E-state index contributed by atoms with van der Waals surface area (Å²) in [4.78, 5) is 28.8. The molecule has 0 unspecified atom stereocenters. The van der Waals surface area contributed by atoms with Crippen molar-refractivity contribution in [1.29, 1.82) is 0 Å². The summed E-state index contributed by atoms with van der Waals surface area (Å²) in [5.41, 5.74) is 0.353. The van der Waals surface area contributed by atoms with Gasteiger partial charge in [0.2, 0.25) is 11.8 Å². The van der Waals surface area contributed by atoms with Crippen LogP contribution in [0.5, 0.6) is 0 Å². The topological polar surface area (TPSA) is 92.4 Å². The molecule has 3 N–H and O–H groups in total. The van der Waals surface area contributed by atoms with Gasteiger partial charge in [-0.2, -0.15) is 0 Å². The first-order chi connectivity index (χ1) is 12.4. The maximum absolute atomic E-state index is 13.4. The van der Waals surface area contributed by atoms with Crippen molar-refractivity contribution in [3.63, 3.8) is 0 Å². The minimum absolute atomic E-state index is 0.0199. The van der Waals surface area contributed by atoms with E-state index in [2.05, 4.69) is 20.9 Å². The van der Waals surface area contributed by atoms with Crippen molar-refractivity contribution in [3.8, 4) is 0 Å². The van der Waals surface area contributed by atoms with Crippen molar-refractivity contribution in [2.75, 3.05) is 25.0 Å². The Morgan fingerprint density at radius 2 is 2.04 bits per heavy atom. The Balaban J connectivity index is 1.59. The van der Waals surface area contributed by atoms with Crippen molar-refractivity contribution >= 4 is 17.5 Å². The Hall–Kier alpha value is -1.99. The van der Waals surface area contributed by atoms with Crippen LogP contribution >= 0.6 is 0 Å². The zero-order chi connectivity index (χ0) is 18.4. The lowest BCUT2D eigenvalue weighted by Gasteiger charge is -2.48. The molecular formula is C19H26N4O3. The van der Waals surface area contributed by atoms with Gasteiger partial charge in [-0.3, -0.25) is 14.6 Å². The van der Waals surface area contributed by atoms with Gasteiger partial charge in [0, 0.05) is 19.7 Å². The van der Waals surface area contributed by atoms with Crippen LogP contribution in [-0.4, -0.2) is 47.6 Å². The van der Waals surface area contributed by atoms with Crippen LogP contribution in [0.15, 0.2) is 18.5 Å². The fourth-order valence-electron chi connectivity index (χ4n) is 5.02. The van der Waals surface area contributed by atoms with E-state index in [0.29, 0.717) is 19.4 Å². The quantitative estimate of drug-likeness (QED) is 0.751. The van der Waals surface area contributed by atoms with Gasteiger partial charge in [-0.05, 0) is 57.3 Å². The van der Waals surface area contributed by atoms with Gasteiger partial charge < -0.3 is 20.7 Å². The number of piperidine rings is 1. The number of carbonyl (C=O) groups is 2. The summed E-state index contributed by atoms with van der Waals surface area (Å²) >= 11 is 0. The van der Waals surface area contributed by atoms with Crippen LogP contribution in [0, 0.1) is 12.3 Å². The van der Waals surface area contributed by atoms with E-state index in [-0.39, 0.29) is 11.8 Å². The Kier molecular flexibility index (Phi) is 4.04. The number of amides is 2. The van der Waals surface area contributed by atoms with E-state index in [4.69, 9.17) is 4.74 Å². The minimum atomic E-state index is -0.532. The predicted octanol–water partition coefficient (Wildman–Crippen LogP) is 1.14. The van der Waals surface area contributed by atoms with E-state index in [9.17, 15) is 9.59 Å². The van der Waals surface area contributed by atoms with Crippen molar-refractivity contribution in [1.82, 2.24) is 15.6 Å². The number of ether oxygens (including phenoxy) is 1. The monoisotopic (exact) mass is 358 g/mol. The van der Waals surface area contributed by atoms with E-state index in [1.54, 1.807) is 12.4 Å². The Morgan fingerprint density at radius 1 is 1.31 bits per heavy atom. The molecule has 0 atom stereocenters. The second-order valence-corrected chi connectivity index (χ2v) is 8.02. The van der Waals surface area contributed by atoms with Gasteiger partial charge in [0.1, 0.15) is 0 Å². The van der Waals surface area contributed by atoms with Crippen molar-refractivity contribution in [3.05, 3.63) is 24.0 Å². The lowest BCUT2D eigenvalue weighted by molar-refractivity contribution is -0.135. The summed E-state index contributed by atoms with van der Waals surface area (Å²) in [6.07, 6.45) is 6.36. The highest BCUT2D eigenvalue weighted by molar-refractivity contribution is 5.98. The van der Waals surface area contributed by atoms with Gasteiger partial charge in [-0.15, -0.1) is 0 Å². The normalized spacial score (nSPS) is 31.3. The molecule has 1 aliphatic carbocycles. The fourth-order valence-corrected chi connectivity index (χ4v) is 5.02. The molecule has 7 nitrogen and oxygen atoms in total. The molecule has 4 aliphatic rings. The van der Waals surface area contributed by atoms with Crippen LogP contribution in [0.1, 0.15) is 38.2 Å². The number of rotatable bonds is 4. The van der Waals surface area contributed by atoms with E-state index < -0.39 is 16.6 Å². The van der Waals surface area contributed by atoms with Crippen LogP contribution in [0.25, 0.3) is 0 Å². The molecule has 1 aromatic heterocycles. The first-order valence-electron chi connectivity index (χ1n) is 9.28. The SMILES string of the molecule is CC(=O)NCC12CC(C(=O)Nc3cnccc3C)(C1)C1(CCNCC1)O2. The molecule has 1 saturated carbocycles. The lowest BCUT2D eigenvalue weighted by atomic mass is 9.53. The van der Waals surface area contributed by atoms with Gasteiger partial charge in [-0.25, -0.2) is 0 Å². The number of hydrogen-bond acceptors (Lipinski definition) is 5. The highest BCUT2D eigenvalue weighted by Crippen LogP contribution is 2.69. The Morgan fingerprint density at radius 3 is 2.69 bits per heavy atom. The van der Waals surface area contributed by atoms with Gasteiger partial charge in [-0.1, -0.05) is 0 Å². The van der Waals surface area contributed by atoms with Gasteiger partial charge >= 0.3 is 0 Å². The maximum atomic E-state index is 13.4. The zero-order valence-electron chi connectivity index (χ0n) is 15.4. The number of anilines is 1. The van der Waals surface area contributed by atoms with Gasteiger partial charge in [0.25, 0.3) is 0 Å². The summed E-state index contributed by atoms with van der Waals surface area (Å²) in [6, 6.07) is 1.89. The van der Waals surface area contributed by atoms with Crippen LogP contribution in [0.3, 0.4) is 0 Å². The number of aromatic nitrogens is 1. The van der Waals surface area contributed by atoms with Crippen molar-refractivity contribution < 1.29 is 14.3 Å². The summed E-state index contributed by atoms with van der Waals surface area (Å²) in [5, 5.41) is 9.34. The molecule has 0 aromatic carbocycles. The van der Waals surface area contributed by atoms with E-state index in [1.165, 1.54) is 6.92 Å². The van der Waals surface area contributed by atoms with Crippen molar-refractivity contribution in [2.45, 2.75) is 50.7 Å². The molecule has 140 valence electrons. The van der Waals surface area contributed by atoms with Crippen LogP contribution in [-0.2, 0) is 14.3 Å². The highest BCUT2D eigenvalue weighted by Gasteiger charge is 2.77.